The third kappa shape index (κ3) is 5.70. The van der Waals surface area contributed by atoms with Crippen molar-refractivity contribution in [2.45, 2.75) is 12.5 Å². The number of hydrogen-bond acceptors (Lipinski definition) is 4. The standard InChI is InChI=1S/C27H24ClN5O/c1-33-18-22(17-31-33)24-12-11-23(15-25(24)28)32-27(34)26(21-5-3-2-4-6-21)30-14-13-19-7-9-20(16-29)10-8-19/h2-12,15,17-18,26,30H,13-14H2,1H3,(H,32,34). The van der Waals surface area contributed by atoms with Gasteiger partial charge in [0.1, 0.15) is 6.04 Å². The van der Waals surface area contributed by atoms with Crippen LogP contribution in [0, 0.1) is 11.3 Å². The summed E-state index contributed by atoms with van der Waals surface area (Å²) >= 11 is 6.50. The highest BCUT2D eigenvalue weighted by atomic mass is 35.5. The van der Waals surface area contributed by atoms with E-state index >= 15 is 0 Å². The van der Waals surface area contributed by atoms with Crippen molar-refractivity contribution in [1.82, 2.24) is 15.1 Å². The van der Waals surface area contributed by atoms with Crippen LogP contribution in [0.2, 0.25) is 5.02 Å². The van der Waals surface area contributed by atoms with E-state index in [9.17, 15) is 4.79 Å². The average molecular weight is 470 g/mol. The molecule has 6 nitrogen and oxygen atoms in total. The normalized spacial score (nSPS) is 11.6. The second kappa shape index (κ2) is 10.8. The van der Waals surface area contributed by atoms with Crippen LogP contribution in [0.25, 0.3) is 11.1 Å². The van der Waals surface area contributed by atoms with Crippen molar-refractivity contribution in [2.24, 2.45) is 7.05 Å². The van der Waals surface area contributed by atoms with Crippen LogP contribution in [0.4, 0.5) is 5.69 Å². The number of halogens is 1. The molecule has 34 heavy (non-hydrogen) atoms. The highest BCUT2D eigenvalue weighted by Crippen LogP contribution is 2.30. The number of carbonyl (C=O) groups is 1. The Kier molecular flexibility index (Phi) is 7.38. The molecule has 0 spiro atoms. The van der Waals surface area contributed by atoms with E-state index in [4.69, 9.17) is 16.9 Å². The first-order valence-electron chi connectivity index (χ1n) is 10.9. The van der Waals surface area contributed by atoms with Gasteiger partial charge in [0.15, 0.2) is 0 Å². The number of nitrogens with zero attached hydrogens (tertiary/aromatic N) is 3. The number of hydrogen-bond donors (Lipinski definition) is 2. The second-order valence-corrected chi connectivity index (χ2v) is 8.35. The van der Waals surface area contributed by atoms with Crippen molar-refractivity contribution in [3.63, 3.8) is 0 Å². The summed E-state index contributed by atoms with van der Waals surface area (Å²) in [7, 11) is 1.85. The average Bonchev–Trinajstić information content (AvgIpc) is 3.28. The van der Waals surface area contributed by atoms with Crippen molar-refractivity contribution in [2.75, 3.05) is 11.9 Å². The molecule has 0 bridgehead atoms. The molecule has 0 aliphatic heterocycles. The monoisotopic (exact) mass is 469 g/mol. The van der Waals surface area contributed by atoms with E-state index in [1.54, 1.807) is 29.1 Å². The molecule has 1 aromatic heterocycles. The van der Waals surface area contributed by atoms with E-state index in [1.165, 1.54) is 0 Å². The Morgan fingerprint density at radius 3 is 2.53 bits per heavy atom. The highest BCUT2D eigenvalue weighted by Gasteiger charge is 2.20. The summed E-state index contributed by atoms with van der Waals surface area (Å²) in [6.07, 6.45) is 4.37. The number of amides is 1. The zero-order valence-corrected chi connectivity index (χ0v) is 19.5. The molecule has 0 saturated heterocycles. The summed E-state index contributed by atoms with van der Waals surface area (Å²) in [5.74, 6) is -0.170. The lowest BCUT2D eigenvalue weighted by Gasteiger charge is -2.19. The topological polar surface area (TPSA) is 82.7 Å². The fourth-order valence-electron chi connectivity index (χ4n) is 3.72. The highest BCUT2D eigenvalue weighted by molar-refractivity contribution is 6.33. The van der Waals surface area contributed by atoms with Gasteiger partial charge in [0.25, 0.3) is 0 Å². The van der Waals surface area contributed by atoms with E-state index in [1.807, 2.05) is 67.8 Å². The molecule has 4 rings (SSSR count). The summed E-state index contributed by atoms with van der Waals surface area (Å²) in [5, 5.41) is 20.0. The summed E-state index contributed by atoms with van der Waals surface area (Å²) < 4.78 is 1.72. The van der Waals surface area contributed by atoms with Crippen molar-refractivity contribution in [1.29, 1.82) is 5.26 Å². The van der Waals surface area contributed by atoms with Gasteiger partial charge in [-0.05, 0) is 41.8 Å². The largest absolute Gasteiger partial charge is 0.324 e. The van der Waals surface area contributed by atoms with Crippen LogP contribution in [0.1, 0.15) is 22.7 Å². The number of aromatic nitrogens is 2. The van der Waals surface area contributed by atoms with Crippen LogP contribution in [0.15, 0.2) is 85.2 Å². The van der Waals surface area contributed by atoms with Gasteiger partial charge in [-0.1, -0.05) is 60.1 Å². The van der Waals surface area contributed by atoms with Gasteiger partial charge >= 0.3 is 0 Å². The maximum atomic E-state index is 13.2. The van der Waals surface area contributed by atoms with E-state index in [0.29, 0.717) is 22.8 Å². The minimum Gasteiger partial charge on any atom is -0.324 e. The molecular weight excluding hydrogens is 446 g/mol. The van der Waals surface area contributed by atoms with E-state index in [2.05, 4.69) is 21.8 Å². The Hall–Kier alpha value is -3.92. The fraction of sp³-hybridized carbons (Fsp3) is 0.148. The van der Waals surface area contributed by atoms with Crippen LogP contribution >= 0.6 is 11.6 Å². The van der Waals surface area contributed by atoms with Crippen LogP contribution in [-0.4, -0.2) is 22.2 Å². The number of carbonyl (C=O) groups excluding carboxylic acids is 1. The molecule has 1 heterocycles. The summed E-state index contributed by atoms with van der Waals surface area (Å²) in [5.41, 5.74) is 4.99. The van der Waals surface area contributed by atoms with Crippen LogP contribution in [-0.2, 0) is 18.3 Å². The van der Waals surface area contributed by atoms with Gasteiger partial charge in [-0.3, -0.25) is 9.48 Å². The predicted molar refractivity (Wildman–Crippen MR) is 134 cm³/mol. The summed E-state index contributed by atoms with van der Waals surface area (Å²) in [6, 6.07) is 24.1. The maximum absolute atomic E-state index is 13.2. The van der Waals surface area contributed by atoms with Crippen molar-refractivity contribution in [3.8, 4) is 17.2 Å². The second-order valence-electron chi connectivity index (χ2n) is 7.94. The van der Waals surface area contributed by atoms with Crippen molar-refractivity contribution >= 4 is 23.2 Å². The zero-order chi connectivity index (χ0) is 23.9. The lowest BCUT2D eigenvalue weighted by molar-refractivity contribution is -0.118. The van der Waals surface area contributed by atoms with Gasteiger partial charge in [0, 0.05) is 36.6 Å². The van der Waals surface area contributed by atoms with Gasteiger partial charge in [0.05, 0.1) is 22.9 Å². The molecule has 0 aliphatic rings. The van der Waals surface area contributed by atoms with Crippen LogP contribution in [0.3, 0.4) is 0 Å². The van der Waals surface area contributed by atoms with E-state index in [0.717, 1.165) is 28.7 Å². The lowest BCUT2D eigenvalue weighted by Crippen LogP contribution is -2.34. The summed E-state index contributed by atoms with van der Waals surface area (Å²) in [4.78, 5) is 13.2. The third-order valence-corrected chi connectivity index (χ3v) is 5.81. The first kappa shape index (κ1) is 23.2. The fourth-order valence-corrected chi connectivity index (χ4v) is 4.01. The minimum absolute atomic E-state index is 0.170. The Balaban J connectivity index is 1.46. The predicted octanol–water partition coefficient (Wildman–Crippen LogP) is 5.12. The number of aryl methyl sites for hydroxylation is 1. The molecule has 0 fully saturated rings. The maximum Gasteiger partial charge on any atom is 0.246 e. The number of rotatable bonds is 8. The quantitative estimate of drug-likeness (QED) is 0.375. The molecule has 1 unspecified atom stereocenters. The Labute approximate surface area is 203 Å². The van der Waals surface area contributed by atoms with Gasteiger partial charge in [-0.15, -0.1) is 0 Å². The smallest absolute Gasteiger partial charge is 0.246 e. The number of nitriles is 1. The van der Waals surface area contributed by atoms with E-state index in [-0.39, 0.29) is 5.91 Å². The molecule has 1 amide bonds. The zero-order valence-electron chi connectivity index (χ0n) is 18.7. The molecule has 3 aromatic carbocycles. The molecule has 170 valence electrons. The van der Waals surface area contributed by atoms with E-state index < -0.39 is 6.04 Å². The molecular formula is C27H24ClN5O. The number of nitrogens with one attached hydrogen (secondary N) is 2. The first-order chi connectivity index (χ1) is 16.5. The SMILES string of the molecule is Cn1cc(-c2ccc(NC(=O)C(NCCc3ccc(C#N)cc3)c3ccccc3)cc2Cl)cn1. The molecule has 0 aliphatic carbocycles. The Bertz CT molecular complexity index is 1310. The molecule has 1 atom stereocenters. The lowest BCUT2D eigenvalue weighted by atomic mass is 10.0. The Morgan fingerprint density at radius 1 is 1.12 bits per heavy atom. The van der Waals surface area contributed by atoms with Gasteiger partial charge in [-0.25, -0.2) is 0 Å². The molecule has 2 N–H and O–H groups in total. The van der Waals surface area contributed by atoms with Gasteiger partial charge < -0.3 is 10.6 Å². The number of benzene rings is 3. The third-order valence-electron chi connectivity index (χ3n) is 5.49. The number of anilines is 1. The van der Waals surface area contributed by atoms with Gasteiger partial charge in [-0.2, -0.15) is 10.4 Å². The molecule has 0 radical (unpaired) electrons. The van der Waals surface area contributed by atoms with Crippen molar-refractivity contribution in [3.05, 3.63) is 107 Å². The van der Waals surface area contributed by atoms with Gasteiger partial charge in [0.2, 0.25) is 5.91 Å². The molecule has 0 saturated carbocycles. The summed E-state index contributed by atoms with van der Waals surface area (Å²) in [6.45, 7) is 0.597. The van der Waals surface area contributed by atoms with Crippen LogP contribution < -0.4 is 10.6 Å². The molecule has 7 heteroatoms. The van der Waals surface area contributed by atoms with Crippen LogP contribution in [0.5, 0.6) is 0 Å². The minimum atomic E-state index is -0.531. The van der Waals surface area contributed by atoms with Crippen molar-refractivity contribution < 1.29 is 4.79 Å². The Morgan fingerprint density at radius 2 is 1.88 bits per heavy atom. The molecule has 4 aromatic rings. The first-order valence-corrected chi connectivity index (χ1v) is 11.3.